The molecule has 8 aromatic carbocycles. The Morgan fingerprint density at radius 2 is 0.500 bits per heavy atom. The van der Waals surface area contributed by atoms with Crippen LogP contribution in [0, 0.1) is 96.9 Å². The lowest BCUT2D eigenvalue weighted by Crippen LogP contribution is -2.14. The van der Waals surface area contributed by atoms with Crippen molar-refractivity contribution in [3.8, 4) is 0 Å². The molecule has 2 heteroatoms. The van der Waals surface area contributed by atoms with Crippen molar-refractivity contribution in [1.29, 1.82) is 0 Å². The molecule has 0 aliphatic heterocycles. The Morgan fingerprint density at radius 3 is 0.845 bits per heavy atom. The third-order valence-electron chi connectivity index (χ3n) is 13.7. The minimum Gasteiger partial charge on any atom is -0.310 e. The van der Waals surface area contributed by atoms with Crippen LogP contribution in [0.25, 0.3) is 32.3 Å². The molecule has 0 aliphatic carbocycles. The molecule has 0 aliphatic rings. The predicted molar refractivity (Wildman–Crippen MR) is 255 cm³/mol. The lowest BCUT2D eigenvalue weighted by molar-refractivity contribution is 1.19. The van der Waals surface area contributed by atoms with Gasteiger partial charge in [0.15, 0.2) is 0 Å². The average molecular weight is 759 g/mol. The van der Waals surface area contributed by atoms with E-state index in [0.717, 1.165) is 0 Å². The van der Waals surface area contributed by atoms with E-state index in [1.807, 2.05) is 0 Å². The van der Waals surface area contributed by atoms with Gasteiger partial charge in [-0.2, -0.15) is 0 Å². The number of anilines is 6. The highest BCUT2D eigenvalue weighted by Crippen LogP contribution is 2.49. The minimum absolute atomic E-state index is 1.18. The fourth-order valence-corrected chi connectivity index (χ4v) is 9.01. The zero-order valence-electron chi connectivity index (χ0n) is 37.1. The van der Waals surface area contributed by atoms with Crippen LogP contribution in [-0.2, 0) is 0 Å². The zero-order valence-corrected chi connectivity index (χ0v) is 37.1. The standard InChI is InChI=1S/C56H58N2/c1-31-27-51-53-30-55(57(45-19-33(3)41(11)34(4)20-45)46-21-35(5)42(12)36(6)22-46)50-18-16-15-17-49(50)52(53)29-56(54(51)28-32(31)2)58(47-23-37(7)43(13)38(8)24-47)48-25-39(9)44(14)40(10)26-48/h15-30H,1-14H3. The van der Waals surface area contributed by atoms with Crippen molar-refractivity contribution in [2.75, 3.05) is 9.80 Å². The number of rotatable bonds is 6. The fourth-order valence-electron chi connectivity index (χ4n) is 9.01. The van der Waals surface area contributed by atoms with E-state index in [0.29, 0.717) is 0 Å². The maximum atomic E-state index is 2.53. The molecule has 8 aromatic rings. The quantitative estimate of drug-likeness (QED) is 0.156. The van der Waals surface area contributed by atoms with Gasteiger partial charge in [0.2, 0.25) is 0 Å². The first-order valence-corrected chi connectivity index (χ1v) is 20.8. The van der Waals surface area contributed by atoms with Crippen LogP contribution in [0.15, 0.2) is 97.1 Å². The number of aryl methyl sites for hydroxylation is 10. The number of hydrogen-bond donors (Lipinski definition) is 0. The van der Waals surface area contributed by atoms with Gasteiger partial charge in [-0.15, -0.1) is 0 Å². The summed E-state index contributed by atoms with van der Waals surface area (Å²) >= 11 is 0. The molecule has 0 unspecified atom stereocenters. The van der Waals surface area contributed by atoms with E-state index >= 15 is 0 Å². The topological polar surface area (TPSA) is 6.48 Å². The van der Waals surface area contributed by atoms with Gasteiger partial charge in [0.1, 0.15) is 0 Å². The molecule has 2 nitrogen and oxygen atoms in total. The third-order valence-corrected chi connectivity index (χ3v) is 13.7. The van der Waals surface area contributed by atoms with Crippen molar-refractivity contribution in [2.24, 2.45) is 0 Å². The van der Waals surface area contributed by atoms with Crippen molar-refractivity contribution in [1.82, 2.24) is 0 Å². The van der Waals surface area contributed by atoms with Crippen molar-refractivity contribution >= 4 is 66.4 Å². The summed E-state index contributed by atoms with van der Waals surface area (Å²) in [6.07, 6.45) is 0. The van der Waals surface area contributed by atoms with Crippen molar-refractivity contribution < 1.29 is 0 Å². The summed E-state index contributed by atoms with van der Waals surface area (Å²) < 4.78 is 0. The van der Waals surface area contributed by atoms with E-state index < -0.39 is 0 Å². The van der Waals surface area contributed by atoms with E-state index in [9.17, 15) is 0 Å². The summed E-state index contributed by atoms with van der Waals surface area (Å²) in [6.45, 7) is 31.4. The molecule has 0 N–H and O–H groups in total. The molecule has 0 radical (unpaired) electrons. The molecule has 8 rings (SSSR count). The summed E-state index contributed by atoms with van der Waals surface area (Å²) in [5.41, 5.74) is 25.5. The number of benzene rings is 8. The van der Waals surface area contributed by atoms with Crippen LogP contribution in [0.3, 0.4) is 0 Å². The van der Waals surface area contributed by atoms with Gasteiger partial charge in [-0.1, -0.05) is 30.3 Å². The summed E-state index contributed by atoms with van der Waals surface area (Å²) in [6, 6.07) is 37.9. The second-order valence-electron chi connectivity index (χ2n) is 17.4. The van der Waals surface area contributed by atoms with Gasteiger partial charge in [0, 0.05) is 33.5 Å². The lowest BCUT2D eigenvalue weighted by atomic mass is 9.91. The Kier molecular flexibility index (Phi) is 9.75. The normalized spacial score (nSPS) is 11.6. The summed E-state index contributed by atoms with van der Waals surface area (Å²) in [4.78, 5) is 5.05. The predicted octanol–water partition coefficient (Wildman–Crippen LogP) is 16.4. The van der Waals surface area contributed by atoms with Crippen LogP contribution in [-0.4, -0.2) is 0 Å². The molecule has 0 saturated carbocycles. The van der Waals surface area contributed by atoms with E-state index in [2.05, 4.69) is 204 Å². The minimum atomic E-state index is 1.18. The second-order valence-corrected chi connectivity index (χ2v) is 17.4. The number of fused-ring (bicyclic) bond motifs is 5. The molecule has 0 spiro atoms. The van der Waals surface area contributed by atoms with E-state index in [1.165, 1.54) is 144 Å². The Morgan fingerprint density at radius 1 is 0.241 bits per heavy atom. The van der Waals surface area contributed by atoms with Crippen LogP contribution in [0.1, 0.15) is 77.9 Å². The molecular formula is C56H58N2. The van der Waals surface area contributed by atoms with Crippen LogP contribution >= 0.6 is 0 Å². The molecule has 0 saturated heterocycles. The first kappa shape index (κ1) is 39.0. The van der Waals surface area contributed by atoms with Crippen molar-refractivity contribution in [3.63, 3.8) is 0 Å². The second kappa shape index (κ2) is 14.5. The van der Waals surface area contributed by atoms with E-state index in [-0.39, 0.29) is 0 Å². The molecule has 0 atom stereocenters. The maximum Gasteiger partial charge on any atom is 0.0546 e. The largest absolute Gasteiger partial charge is 0.310 e. The smallest absolute Gasteiger partial charge is 0.0546 e. The fraction of sp³-hybridized carbons (Fsp3) is 0.250. The van der Waals surface area contributed by atoms with Gasteiger partial charge in [0.25, 0.3) is 0 Å². The molecule has 0 bridgehead atoms. The van der Waals surface area contributed by atoms with Gasteiger partial charge in [-0.3, -0.25) is 0 Å². The molecule has 292 valence electrons. The maximum absolute atomic E-state index is 2.53. The van der Waals surface area contributed by atoms with Crippen molar-refractivity contribution in [2.45, 2.75) is 96.9 Å². The monoisotopic (exact) mass is 758 g/mol. The summed E-state index contributed by atoms with van der Waals surface area (Å²) in [5.74, 6) is 0. The molecule has 0 aromatic heterocycles. The van der Waals surface area contributed by atoms with E-state index in [1.54, 1.807) is 0 Å². The molecule has 0 heterocycles. The van der Waals surface area contributed by atoms with Gasteiger partial charge < -0.3 is 9.80 Å². The first-order valence-electron chi connectivity index (χ1n) is 20.8. The Hall–Kier alpha value is -5.86. The van der Waals surface area contributed by atoms with Crippen LogP contribution in [0.4, 0.5) is 34.1 Å². The number of nitrogens with zero attached hydrogens (tertiary/aromatic N) is 2. The Bertz CT molecular complexity index is 2790. The van der Waals surface area contributed by atoms with Gasteiger partial charge in [-0.05, 0) is 263 Å². The highest BCUT2D eigenvalue weighted by Gasteiger charge is 2.24. The summed E-state index contributed by atoms with van der Waals surface area (Å²) in [7, 11) is 0. The molecule has 58 heavy (non-hydrogen) atoms. The Labute approximate surface area is 346 Å². The van der Waals surface area contributed by atoms with Crippen molar-refractivity contribution in [3.05, 3.63) is 175 Å². The van der Waals surface area contributed by atoms with Gasteiger partial charge in [0.05, 0.1) is 11.4 Å². The van der Waals surface area contributed by atoms with Gasteiger partial charge in [-0.25, -0.2) is 0 Å². The van der Waals surface area contributed by atoms with Crippen LogP contribution in [0.5, 0.6) is 0 Å². The first-order chi connectivity index (χ1) is 27.5. The highest BCUT2D eigenvalue weighted by atomic mass is 15.2. The SMILES string of the molecule is Cc1cc2c(N(c3cc(C)c(C)c(C)c3)c3cc(C)c(C)c(C)c3)cc3c4ccccc4c(N(c4cc(C)c(C)c(C)c4)c4cc(C)c(C)c(C)c4)cc3c2cc1C. The Balaban J connectivity index is 1.53. The van der Waals surface area contributed by atoms with Gasteiger partial charge >= 0.3 is 0 Å². The van der Waals surface area contributed by atoms with Crippen LogP contribution in [0.2, 0.25) is 0 Å². The molecule has 0 amide bonds. The van der Waals surface area contributed by atoms with E-state index in [4.69, 9.17) is 0 Å². The lowest BCUT2D eigenvalue weighted by Gasteiger charge is -2.31. The summed E-state index contributed by atoms with van der Waals surface area (Å²) in [5, 5.41) is 7.50. The number of hydrogen-bond acceptors (Lipinski definition) is 2. The zero-order chi connectivity index (χ0) is 41.5. The highest BCUT2D eigenvalue weighted by molar-refractivity contribution is 6.24. The molecule has 0 fully saturated rings. The van der Waals surface area contributed by atoms with Crippen LogP contribution < -0.4 is 9.80 Å². The molecular weight excluding hydrogens is 701 g/mol. The third kappa shape index (κ3) is 6.44. The average Bonchev–Trinajstić information content (AvgIpc) is 3.18.